The van der Waals surface area contributed by atoms with Gasteiger partial charge < -0.3 is 13.7 Å². The SMILES string of the molecule is COC(=O)Cn1c(=NC(=O)c2cc3c(ccc4ccccc43)oc2=O)sc2ccc(Cl)c(C)c21. The first-order chi connectivity index (χ1) is 16.4. The second-order valence-electron chi connectivity index (χ2n) is 7.63. The molecule has 0 fully saturated rings. The van der Waals surface area contributed by atoms with E-state index in [1.54, 1.807) is 22.8 Å². The van der Waals surface area contributed by atoms with Crippen molar-refractivity contribution < 1.29 is 18.7 Å². The molecular weight excluding hydrogens is 476 g/mol. The molecule has 0 aliphatic rings. The van der Waals surface area contributed by atoms with Crippen LogP contribution in [0.2, 0.25) is 5.02 Å². The van der Waals surface area contributed by atoms with Crippen molar-refractivity contribution in [2.24, 2.45) is 4.99 Å². The maximum atomic E-state index is 13.2. The van der Waals surface area contributed by atoms with Crippen molar-refractivity contribution in [2.75, 3.05) is 7.11 Å². The standard InChI is InChI=1S/C25H17ClN2O5S/c1-13-18(26)8-10-20-22(13)28(12-21(29)32-2)25(34-20)27-23(30)17-11-16-15-6-4-3-5-14(15)7-9-19(16)33-24(17)31/h3-11H,12H2,1-2H3. The fourth-order valence-electron chi connectivity index (χ4n) is 3.91. The van der Waals surface area contributed by atoms with Gasteiger partial charge in [-0.05, 0) is 47.5 Å². The lowest BCUT2D eigenvalue weighted by atomic mass is 10.0. The Kier molecular flexibility index (Phi) is 5.55. The lowest BCUT2D eigenvalue weighted by molar-refractivity contribution is -0.141. The third kappa shape index (κ3) is 3.70. The Morgan fingerprint density at radius 1 is 1.12 bits per heavy atom. The van der Waals surface area contributed by atoms with E-state index >= 15 is 0 Å². The summed E-state index contributed by atoms with van der Waals surface area (Å²) in [5, 5.41) is 2.96. The first kappa shape index (κ1) is 22.1. The number of carbonyl (C=O) groups is 2. The molecule has 3 aromatic carbocycles. The summed E-state index contributed by atoms with van der Waals surface area (Å²) < 4.78 is 12.6. The summed E-state index contributed by atoms with van der Waals surface area (Å²) in [4.78, 5) is 42.4. The van der Waals surface area contributed by atoms with Gasteiger partial charge in [0, 0.05) is 10.4 Å². The molecule has 2 aromatic heterocycles. The third-order valence-electron chi connectivity index (χ3n) is 5.61. The summed E-state index contributed by atoms with van der Waals surface area (Å²) in [5.74, 6) is -1.28. The molecule has 0 saturated carbocycles. The molecule has 0 aliphatic heterocycles. The van der Waals surface area contributed by atoms with E-state index in [4.69, 9.17) is 20.8 Å². The van der Waals surface area contributed by atoms with E-state index in [-0.39, 0.29) is 16.9 Å². The predicted octanol–water partition coefficient (Wildman–Crippen LogP) is 4.84. The van der Waals surface area contributed by atoms with Gasteiger partial charge in [0.2, 0.25) is 0 Å². The molecule has 34 heavy (non-hydrogen) atoms. The number of esters is 1. The van der Waals surface area contributed by atoms with Crippen molar-refractivity contribution in [3.63, 3.8) is 0 Å². The van der Waals surface area contributed by atoms with Gasteiger partial charge in [-0.15, -0.1) is 0 Å². The number of ether oxygens (including phenoxy) is 1. The second kappa shape index (κ2) is 8.55. The van der Waals surface area contributed by atoms with Crippen molar-refractivity contribution in [1.29, 1.82) is 0 Å². The Balaban J connectivity index is 1.72. The summed E-state index contributed by atoms with van der Waals surface area (Å²) in [6, 6.07) is 16.2. The molecular formula is C25H17ClN2O5S. The number of methoxy groups -OCH3 is 1. The number of hydrogen-bond acceptors (Lipinski definition) is 6. The van der Waals surface area contributed by atoms with Gasteiger partial charge in [0.15, 0.2) is 4.80 Å². The van der Waals surface area contributed by atoms with Gasteiger partial charge in [-0.25, -0.2) is 4.79 Å². The van der Waals surface area contributed by atoms with E-state index in [1.165, 1.54) is 24.5 Å². The zero-order valence-electron chi connectivity index (χ0n) is 18.1. The highest BCUT2D eigenvalue weighted by molar-refractivity contribution is 7.16. The zero-order valence-corrected chi connectivity index (χ0v) is 19.7. The Hall–Kier alpha value is -3.75. The van der Waals surface area contributed by atoms with Gasteiger partial charge in [0.1, 0.15) is 17.7 Å². The summed E-state index contributed by atoms with van der Waals surface area (Å²) >= 11 is 7.50. The molecule has 0 bridgehead atoms. The fourth-order valence-corrected chi connectivity index (χ4v) is 5.15. The maximum absolute atomic E-state index is 13.2. The van der Waals surface area contributed by atoms with Gasteiger partial charge in [0.25, 0.3) is 5.91 Å². The van der Waals surface area contributed by atoms with Gasteiger partial charge in [0.05, 0.1) is 17.3 Å². The van der Waals surface area contributed by atoms with Crippen LogP contribution in [0.1, 0.15) is 15.9 Å². The molecule has 0 spiro atoms. The van der Waals surface area contributed by atoms with Crippen molar-refractivity contribution in [2.45, 2.75) is 13.5 Å². The third-order valence-corrected chi connectivity index (χ3v) is 7.07. The topological polar surface area (TPSA) is 90.9 Å². The number of aryl methyl sites for hydroxylation is 1. The normalized spacial score (nSPS) is 12.0. The zero-order chi connectivity index (χ0) is 24.0. The minimum Gasteiger partial charge on any atom is -0.468 e. The number of carbonyl (C=O) groups excluding carboxylic acids is 2. The molecule has 170 valence electrons. The van der Waals surface area contributed by atoms with Crippen LogP contribution in [-0.4, -0.2) is 23.6 Å². The minimum absolute atomic E-state index is 0.166. The Labute approximate surface area is 201 Å². The first-order valence-corrected chi connectivity index (χ1v) is 11.5. The quantitative estimate of drug-likeness (QED) is 0.204. The van der Waals surface area contributed by atoms with E-state index in [0.29, 0.717) is 21.5 Å². The fraction of sp³-hybridized carbons (Fsp3) is 0.120. The highest BCUT2D eigenvalue weighted by Crippen LogP contribution is 2.28. The average Bonchev–Trinajstić information content (AvgIpc) is 3.17. The molecule has 0 saturated heterocycles. The number of halogens is 1. The molecule has 0 N–H and O–H groups in total. The van der Waals surface area contributed by atoms with Crippen LogP contribution in [0.5, 0.6) is 0 Å². The molecule has 0 radical (unpaired) electrons. The molecule has 2 heterocycles. The number of rotatable bonds is 3. The molecule has 9 heteroatoms. The number of amides is 1. The predicted molar refractivity (Wildman–Crippen MR) is 131 cm³/mol. The molecule has 0 aliphatic carbocycles. The van der Waals surface area contributed by atoms with Gasteiger partial charge in [-0.2, -0.15) is 4.99 Å². The van der Waals surface area contributed by atoms with E-state index in [0.717, 1.165) is 21.0 Å². The molecule has 0 unspecified atom stereocenters. The van der Waals surface area contributed by atoms with Gasteiger partial charge >= 0.3 is 11.6 Å². The van der Waals surface area contributed by atoms with Crippen LogP contribution < -0.4 is 10.4 Å². The largest absolute Gasteiger partial charge is 0.468 e. The molecule has 7 nitrogen and oxygen atoms in total. The summed E-state index contributed by atoms with van der Waals surface area (Å²) in [6.07, 6.45) is 0. The molecule has 1 amide bonds. The van der Waals surface area contributed by atoms with Crippen molar-refractivity contribution in [3.8, 4) is 0 Å². The number of benzene rings is 3. The van der Waals surface area contributed by atoms with Crippen LogP contribution in [0.4, 0.5) is 0 Å². The monoisotopic (exact) mass is 492 g/mol. The minimum atomic E-state index is -0.781. The highest BCUT2D eigenvalue weighted by Gasteiger charge is 2.18. The smallest absolute Gasteiger partial charge is 0.349 e. The Bertz CT molecular complexity index is 1760. The van der Waals surface area contributed by atoms with E-state index < -0.39 is 17.5 Å². The van der Waals surface area contributed by atoms with E-state index in [9.17, 15) is 14.4 Å². The molecule has 0 atom stereocenters. The number of nitrogens with zero attached hydrogens (tertiary/aromatic N) is 2. The van der Waals surface area contributed by atoms with Crippen LogP contribution in [0.25, 0.3) is 32.0 Å². The summed E-state index contributed by atoms with van der Waals surface area (Å²) in [5.41, 5.74) is 0.820. The van der Waals surface area contributed by atoms with Crippen LogP contribution in [0.3, 0.4) is 0 Å². The highest BCUT2D eigenvalue weighted by atomic mass is 35.5. The van der Waals surface area contributed by atoms with E-state index in [2.05, 4.69) is 4.99 Å². The number of hydrogen-bond donors (Lipinski definition) is 0. The van der Waals surface area contributed by atoms with Crippen LogP contribution >= 0.6 is 22.9 Å². The first-order valence-electron chi connectivity index (χ1n) is 10.3. The van der Waals surface area contributed by atoms with Gasteiger partial charge in [-0.1, -0.05) is 53.3 Å². The lowest BCUT2D eigenvalue weighted by Crippen LogP contribution is -2.23. The van der Waals surface area contributed by atoms with Crippen LogP contribution in [0.15, 0.2) is 68.8 Å². The number of fused-ring (bicyclic) bond motifs is 4. The average molecular weight is 493 g/mol. The maximum Gasteiger partial charge on any atom is 0.349 e. The van der Waals surface area contributed by atoms with E-state index in [1.807, 2.05) is 37.3 Å². The van der Waals surface area contributed by atoms with Crippen LogP contribution in [0, 0.1) is 6.92 Å². The molecule has 5 rings (SSSR count). The Morgan fingerprint density at radius 2 is 1.91 bits per heavy atom. The van der Waals surface area contributed by atoms with Crippen molar-refractivity contribution in [3.05, 3.63) is 86.0 Å². The number of aromatic nitrogens is 1. The molecule has 5 aromatic rings. The summed E-state index contributed by atoms with van der Waals surface area (Å²) in [7, 11) is 1.28. The van der Waals surface area contributed by atoms with Crippen LogP contribution in [-0.2, 0) is 16.1 Å². The summed E-state index contributed by atoms with van der Waals surface area (Å²) in [6.45, 7) is 1.65. The second-order valence-corrected chi connectivity index (χ2v) is 9.05. The van der Waals surface area contributed by atoms with Crippen molar-refractivity contribution in [1.82, 2.24) is 4.57 Å². The number of thiazole rings is 1. The lowest BCUT2D eigenvalue weighted by Gasteiger charge is -2.07. The Morgan fingerprint density at radius 3 is 2.71 bits per heavy atom. The van der Waals surface area contributed by atoms with Gasteiger partial charge in [-0.3, -0.25) is 9.59 Å². The van der Waals surface area contributed by atoms with Crippen molar-refractivity contribution >= 4 is 66.8 Å².